The van der Waals surface area contributed by atoms with Gasteiger partial charge in [-0.3, -0.25) is 9.59 Å². The maximum atomic E-state index is 12.7. The lowest BCUT2D eigenvalue weighted by Gasteiger charge is -2.17. The molecule has 0 bridgehead atoms. The first-order valence-corrected chi connectivity index (χ1v) is 9.64. The van der Waals surface area contributed by atoms with Crippen LogP contribution in [0, 0.1) is 20.8 Å². The van der Waals surface area contributed by atoms with Gasteiger partial charge in [-0.2, -0.15) is 5.10 Å². The summed E-state index contributed by atoms with van der Waals surface area (Å²) in [5.41, 5.74) is 5.02. The van der Waals surface area contributed by atoms with Crippen molar-refractivity contribution in [3.8, 4) is 0 Å². The number of amides is 1. The summed E-state index contributed by atoms with van der Waals surface area (Å²) < 4.78 is 0. The molecular formula is C22H24N4O5. The zero-order valence-corrected chi connectivity index (χ0v) is 17.4. The first kappa shape index (κ1) is 22.3. The lowest BCUT2D eigenvalue weighted by molar-refractivity contribution is 0.0183. The third-order valence-corrected chi connectivity index (χ3v) is 4.94. The maximum absolute atomic E-state index is 12.7. The van der Waals surface area contributed by atoms with Crippen LogP contribution in [0.5, 0.6) is 0 Å². The van der Waals surface area contributed by atoms with Crippen molar-refractivity contribution in [3.63, 3.8) is 0 Å². The van der Waals surface area contributed by atoms with E-state index in [9.17, 15) is 24.9 Å². The minimum atomic E-state index is -1.76. The van der Waals surface area contributed by atoms with Gasteiger partial charge in [0.25, 0.3) is 11.5 Å². The van der Waals surface area contributed by atoms with Gasteiger partial charge in [-0.15, -0.1) is 0 Å². The molecule has 9 heteroatoms. The summed E-state index contributed by atoms with van der Waals surface area (Å²) in [5.74, 6) is -0.574. The zero-order valence-electron chi connectivity index (χ0n) is 17.4. The van der Waals surface area contributed by atoms with Crippen LogP contribution in [0.25, 0.3) is 11.0 Å². The van der Waals surface area contributed by atoms with Gasteiger partial charge < -0.3 is 20.3 Å². The van der Waals surface area contributed by atoms with Crippen LogP contribution in [-0.4, -0.2) is 55.7 Å². The van der Waals surface area contributed by atoms with Crippen LogP contribution in [0.1, 0.15) is 32.7 Å². The average molecular weight is 424 g/mol. The van der Waals surface area contributed by atoms with Crippen LogP contribution >= 0.6 is 0 Å². The van der Waals surface area contributed by atoms with Crippen molar-refractivity contribution in [2.24, 2.45) is 5.10 Å². The number of carbonyl (C=O) groups excluding carboxylic acids is 1. The molecule has 0 aliphatic carbocycles. The molecule has 0 aliphatic rings. The summed E-state index contributed by atoms with van der Waals surface area (Å²) >= 11 is 0. The second-order valence-corrected chi connectivity index (χ2v) is 7.37. The summed E-state index contributed by atoms with van der Waals surface area (Å²) in [6, 6.07) is 10.3. The standard InChI is InChI=1S/C22H24N4O5/c1-11-5-4-6-14(7-11)21(30)26-25-18(20(29)17(28)10-27)19-22(31)24-16-9-13(3)12(2)8-15(16)23-19/h4-9,17,20,27-29H,10H2,1-3H3,(H,24,31)(H,26,30)/b25-18-. The van der Waals surface area contributed by atoms with E-state index in [0.717, 1.165) is 16.7 Å². The van der Waals surface area contributed by atoms with E-state index in [1.165, 1.54) is 0 Å². The number of hydrazone groups is 1. The highest BCUT2D eigenvalue weighted by atomic mass is 16.4. The van der Waals surface area contributed by atoms with Gasteiger partial charge in [0.1, 0.15) is 17.9 Å². The van der Waals surface area contributed by atoms with Gasteiger partial charge in [-0.1, -0.05) is 17.7 Å². The zero-order chi connectivity index (χ0) is 22.7. The van der Waals surface area contributed by atoms with Gasteiger partial charge in [0, 0.05) is 5.56 Å². The Hall–Kier alpha value is -3.40. The van der Waals surface area contributed by atoms with E-state index in [1.54, 1.807) is 30.3 Å². The van der Waals surface area contributed by atoms with E-state index in [1.807, 2.05) is 26.8 Å². The first-order chi connectivity index (χ1) is 14.7. The predicted molar refractivity (Wildman–Crippen MR) is 116 cm³/mol. The summed E-state index contributed by atoms with van der Waals surface area (Å²) in [4.78, 5) is 32.1. The van der Waals surface area contributed by atoms with Crippen molar-refractivity contribution in [3.05, 3.63) is 74.7 Å². The van der Waals surface area contributed by atoms with Crippen LogP contribution in [-0.2, 0) is 0 Å². The number of nitrogens with zero attached hydrogens (tertiary/aromatic N) is 2. The molecule has 0 radical (unpaired) electrons. The first-order valence-electron chi connectivity index (χ1n) is 9.64. The molecule has 3 rings (SSSR count). The third kappa shape index (κ3) is 4.85. The number of aromatic amines is 1. The molecule has 0 spiro atoms. The van der Waals surface area contributed by atoms with Gasteiger partial charge in [0.2, 0.25) is 0 Å². The Morgan fingerprint density at radius 2 is 1.87 bits per heavy atom. The largest absolute Gasteiger partial charge is 0.394 e. The molecule has 1 amide bonds. The number of aliphatic hydroxyl groups excluding tert-OH is 3. The molecule has 31 heavy (non-hydrogen) atoms. The quantitative estimate of drug-likeness (QED) is 0.291. The van der Waals surface area contributed by atoms with Gasteiger partial charge in [0.05, 0.1) is 17.6 Å². The highest BCUT2D eigenvalue weighted by Crippen LogP contribution is 2.16. The second-order valence-electron chi connectivity index (χ2n) is 7.37. The number of hydrogen-bond donors (Lipinski definition) is 5. The Morgan fingerprint density at radius 3 is 2.55 bits per heavy atom. The van der Waals surface area contributed by atoms with E-state index < -0.39 is 30.3 Å². The number of rotatable bonds is 6. The minimum absolute atomic E-state index is 0.278. The molecule has 3 aromatic rings. The maximum Gasteiger partial charge on any atom is 0.276 e. The number of aliphatic hydroxyl groups is 3. The van der Waals surface area contributed by atoms with Crippen LogP contribution < -0.4 is 11.0 Å². The van der Waals surface area contributed by atoms with E-state index >= 15 is 0 Å². The van der Waals surface area contributed by atoms with Gasteiger partial charge >= 0.3 is 0 Å². The van der Waals surface area contributed by atoms with E-state index in [2.05, 4.69) is 20.5 Å². The van der Waals surface area contributed by atoms with Crippen LogP contribution in [0.15, 0.2) is 46.3 Å². The molecule has 1 aromatic heterocycles. The predicted octanol–water partition coefficient (Wildman–Crippen LogP) is 0.697. The number of nitrogens with one attached hydrogen (secondary N) is 2. The highest BCUT2D eigenvalue weighted by Gasteiger charge is 2.27. The van der Waals surface area contributed by atoms with Crippen LogP contribution in [0.3, 0.4) is 0 Å². The van der Waals surface area contributed by atoms with E-state index in [0.29, 0.717) is 16.6 Å². The molecule has 0 fully saturated rings. The molecule has 0 saturated carbocycles. The molecule has 0 aliphatic heterocycles. The fraction of sp³-hybridized carbons (Fsp3) is 0.273. The molecule has 2 aromatic carbocycles. The highest BCUT2D eigenvalue weighted by molar-refractivity contribution is 6.04. The SMILES string of the molecule is Cc1cccc(C(=O)N/N=C(/c2nc3cc(C)c(C)cc3[nH]c2=O)C(O)C(O)CO)c1. The van der Waals surface area contributed by atoms with Gasteiger partial charge in [0.15, 0.2) is 5.69 Å². The average Bonchev–Trinajstić information content (AvgIpc) is 2.74. The second kappa shape index (κ2) is 9.17. The van der Waals surface area contributed by atoms with Crippen molar-refractivity contribution < 1.29 is 20.1 Å². The molecule has 2 atom stereocenters. The molecule has 1 heterocycles. The number of hydrogen-bond acceptors (Lipinski definition) is 7. The molecule has 162 valence electrons. The third-order valence-electron chi connectivity index (χ3n) is 4.94. The summed E-state index contributed by atoms with van der Waals surface area (Å²) in [6.07, 6.45) is -3.40. The van der Waals surface area contributed by atoms with Crippen molar-refractivity contribution in [1.29, 1.82) is 0 Å². The molecule has 5 N–H and O–H groups in total. The summed E-state index contributed by atoms with van der Waals surface area (Å²) in [7, 11) is 0. The lowest BCUT2D eigenvalue weighted by atomic mass is 10.1. The Kier molecular flexibility index (Phi) is 6.59. The van der Waals surface area contributed by atoms with Gasteiger partial charge in [-0.05, 0) is 56.2 Å². The molecule has 2 unspecified atom stereocenters. The van der Waals surface area contributed by atoms with Crippen molar-refractivity contribution in [2.45, 2.75) is 33.0 Å². The number of benzene rings is 2. The van der Waals surface area contributed by atoms with Crippen molar-refractivity contribution >= 4 is 22.7 Å². The Balaban J connectivity index is 2.07. The summed E-state index contributed by atoms with van der Waals surface area (Å²) in [5, 5.41) is 33.5. The molecule has 0 saturated heterocycles. The van der Waals surface area contributed by atoms with Gasteiger partial charge in [-0.25, -0.2) is 10.4 Å². The fourth-order valence-electron chi connectivity index (χ4n) is 3.02. The Bertz CT molecular complexity index is 1220. The van der Waals surface area contributed by atoms with Crippen molar-refractivity contribution in [2.75, 3.05) is 6.61 Å². The Morgan fingerprint density at radius 1 is 1.16 bits per heavy atom. The van der Waals surface area contributed by atoms with Crippen LogP contribution in [0.4, 0.5) is 0 Å². The summed E-state index contributed by atoms with van der Waals surface area (Å²) in [6.45, 7) is 4.84. The number of fused-ring (bicyclic) bond motifs is 1. The topological polar surface area (TPSA) is 148 Å². The van der Waals surface area contributed by atoms with E-state index in [-0.39, 0.29) is 11.4 Å². The smallest absolute Gasteiger partial charge is 0.276 e. The monoisotopic (exact) mass is 424 g/mol. The van der Waals surface area contributed by atoms with Crippen LogP contribution in [0.2, 0.25) is 0 Å². The number of carbonyl (C=O) groups is 1. The van der Waals surface area contributed by atoms with Crippen molar-refractivity contribution in [1.82, 2.24) is 15.4 Å². The lowest BCUT2D eigenvalue weighted by Crippen LogP contribution is -2.41. The number of aromatic nitrogens is 2. The normalized spacial score (nSPS) is 13.8. The molecular weight excluding hydrogens is 400 g/mol. The minimum Gasteiger partial charge on any atom is -0.394 e. The number of H-pyrrole nitrogens is 1. The fourth-order valence-corrected chi connectivity index (χ4v) is 3.02. The number of aryl methyl sites for hydroxylation is 3. The van der Waals surface area contributed by atoms with E-state index in [4.69, 9.17) is 0 Å². The molecule has 9 nitrogen and oxygen atoms in total. The Labute approximate surface area is 178 Å².